The summed E-state index contributed by atoms with van der Waals surface area (Å²) in [5.74, 6) is -1.33. The van der Waals surface area contributed by atoms with Crippen LogP contribution in [-0.2, 0) is 19.6 Å². The quantitative estimate of drug-likeness (QED) is 0.613. The SMILES string of the molecule is CC(C)NS(=O)(=O)c1ccc(NC(=O)C(C)OC(=O)c2cc(Cl)cc(Cl)c2)cc1. The van der Waals surface area contributed by atoms with Gasteiger partial charge in [0.05, 0.1) is 10.5 Å². The lowest BCUT2D eigenvalue weighted by Crippen LogP contribution is -2.30. The van der Waals surface area contributed by atoms with Gasteiger partial charge in [0.25, 0.3) is 5.91 Å². The maximum absolute atomic E-state index is 12.3. The van der Waals surface area contributed by atoms with E-state index in [9.17, 15) is 18.0 Å². The molecule has 10 heteroatoms. The number of carbonyl (C=O) groups is 2. The van der Waals surface area contributed by atoms with Crippen molar-refractivity contribution in [2.45, 2.75) is 37.8 Å². The lowest BCUT2D eigenvalue weighted by molar-refractivity contribution is -0.123. The van der Waals surface area contributed by atoms with Gasteiger partial charge in [0.2, 0.25) is 10.0 Å². The van der Waals surface area contributed by atoms with Crippen LogP contribution in [0, 0.1) is 0 Å². The Bertz CT molecular complexity index is 988. The molecule has 7 nitrogen and oxygen atoms in total. The van der Waals surface area contributed by atoms with Crippen molar-refractivity contribution in [1.29, 1.82) is 0 Å². The number of ether oxygens (including phenoxy) is 1. The van der Waals surface area contributed by atoms with E-state index in [4.69, 9.17) is 27.9 Å². The highest BCUT2D eigenvalue weighted by atomic mass is 35.5. The van der Waals surface area contributed by atoms with Gasteiger partial charge in [-0.25, -0.2) is 17.9 Å². The normalized spacial score (nSPS) is 12.5. The molecule has 0 fully saturated rings. The molecule has 0 heterocycles. The van der Waals surface area contributed by atoms with Gasteiger partial charge in [0.1, 0.15) is 0 Å². The molecule has 0 saturated heterocycles. The monoisotopic (exact) mass is 458 g/mol. The molecule has 29 heavy (non-hydrogen) atoms. The van der Waals surface area contributed by atoms with Gasteiger partial charge in [0.15, 0.2) is 6.10 Å². The van der Waals surface area contributed by atoms with Crippen molar-refractivity contribution in [3.05, 3.63) is 58.1 Å². The molecule has 0 bridgehead atoms. The molecule has 1 amide bonds. The summed E-state index contributed by atoms with van der Waals surface area (Å²) in [4.78, 5) is 24.5. The van der Waals surface area contributed by atoms with Crippen LogP contribution in [0.1, 0.15) is 31.1 Å². The minimum Gasteiger partial charge on any atom is -0.449 e. The van der Waals surface area contributed by atoms with Crippen molar-refractivity contribution in [3.63, 3.8) is 0 Å². The molecule has 2 rings (SSSR count). The zero-order valence-electron chi connectivity index (χ0n) is 15.9. The second-order valence-corrected chi connectivity index (χ2v) is 9.08. The van der Waals surface area contributed by atoms with Gasteiger partial charge in [-0.1, -0.05) is 23.2 Å². The van der Waals surface area contributed by atoms with Crippen LogP contribution in [0.5, 0.6) is 0 Å². The molecule has 2 N–H and O–H groups in total. The van der Waals surface area contributed by atoms with Gasteiger partial charge < -0.3 is 10.1 Å². The van der Waals surface area contributed by atoms with Crippen molar-refractivity contribution < 1.29 is 22.7 Å². The van der Waals surface area contributed by atoms with E-state index in [1.54, 1.807) is 13.8 Å². The molecular weight excluding hydrogens is 439 g/mol. The van der Waals surface area contributed by atoms with E-state index in [1.807, 2.05) is 0 Å². The van der Waals surface area contributed by atoms with E-state index in [1.165, 1.54) is 49.4 Å². The fourth-order valence-electron chi connectivity index (χ4n) is 2.29. The third kappa shape index (κ3) is 6.71. The molecule has 2 aromatic rings. The number of amides is 1. The van der Waals surface area contributed by atoms with Crippen LogP contribution in [0.15, 0.2) is 47.4 Å². The average molecular weight is 459 g/mol. The molecule has 0 aliphatic rings. The maximum atomic E-state index is 12.3. The number of esters is 1. The fraction of sp³-hybridized carbons (Fsp3) is 0.263. The lowest BCUT2D eigenvalue weighted by atomic mass is 10.2. The maximum Gasteiger partial charge on any atom is 0.339 e. The molecule has 0 aliphatic carbocycles. The van der Waals surface area contributed by atoms with E-state index in [0.717, 1.165) is 0 Å². The first-order valence-corrected chi connectivity index (χ1v) is 10.8. The summed E-state index contributed by atoms with van der Waals surface area (Å²) < 4.78 is 31.8. The predicted octanol–water partition coefficient (Wildman–Crippen LogP) is 3.86. The molecule has 0 saturated carbocycles. The molecule has 2 aromatic carbocycles. The van der Waals surface area contributed by atoms with Gasteiger partial charge in [-0.05, 0) is 63.2 Å². The Kier molecular flexibility index (Phi) is 7.65. The lowest BCUT2D eigenvalue weighted by Gasteiger charge is -2.14. The van der Waals surface area contributed by atoms with Gasteiger partial charge in [-0.15, -0.1) is 0 Å². The van der Waals surface area contributed by atoms with Gasteiger partial charge in [0, 0.05) is 21.8 Å². The third-order valence-electron chi connectivity index (χ3n) is 3.57. The van der Waals surface area contributed by atoms with Crippen LogP contribution in [0.25, 0.3) is 0 Å². The molecule has 0 aliphatic heterocycles. The molecule has 156 valence electrons. The summed E-state index contributed by atoms with van der Waals surface area (Å²) in [5.41, 5.74) is 0.474. The number of benzene rings is 2. The van der Waals surface area contributed by atoms with Crippen LogP contribution < -0.4 is 10.0 Å². The van der Waals surface area contributed by atoms with Crippen molar-refractivity contribution in [2.24, 2.45) is 0 Å². The van der Waals surface area contributed by atoms with Crippen molar-refractivity contribution in [1.82, 2.24) is 4.72 Å². The van der Waals surface area contributed by atoms with Crippen molar-refractivity contribution >= 4 is 50.8 Å². The largest absolute Gasteiger partial charge is 0.449 e. The molecule has 1 unspecified atom stereocenters. The number of sulfonamides is 1. The number of hydrogen-bond donors (Lipinski definition) is 2. The van der Waals surface area contributed by atoms with Gasteiger partial charge in [-0.2, -0.15) is 0 Å². The highest BCUT2D eigenvalue weighted by molar-refractivity contribution is 7.89. The van der Waals surface area contributed by atoms with Crippen molar-refractivity contribution in [3.8, 4) is 0 Å². The first-order chi connectivity index (χ1) is 13.5. The smallest absolute Gasteiger partial charge is 0.339 e. The average Bonchev–Trinajstić information content (AvgIpc) is 2.60. The Morgan fingerprint density at radius 2 is 1.52 bits per heavy atom. The second-order valence-electron chi connectivity index (χ2n) is 6.50. The van der Waals surface area contributed by atoms with E-state index in [2.05, 4.69) is 10.0 Å². The number of halogens is 2. The van der Waals surface area contributed by atoms with Crippen LogP contribution in [-0.4, -0.2) is 32.4 Å². The fourth-order valence-corrected chi connectivity index (χ4v) is 4.07. The van der Waals surface area contributed by atoms with Gasteiger partial charge >= 0.3 is 5.97 Å². The van der Waals surface area contributed by atoms with Crippen LogP contribution in [0.3, 0.4) is 0 Å². The van der Waals surface area contributed by atoms with Crippen LogP contribution in [0.4, 0.5) is 5.69 Å². The Morgan fingerprint density at radius 1 is 0.966 bits per heavy atom. The van der Waals surface area contributed by atoms with E-state index < -0.39 is 28.0 Å². The molecular formula is C19H20Cl2N2O5S. The summed E-state index contributed by atoms with van der Waals surface area (Å²) in [7, 11) is -3.63. The van der Waals surface area contributed by atoms with Crippen molar-refractivity contribution in [2.75, 3.05) is 5.32 Å². The number of carbonyl (C=O) groups excluding carboxylic acids is 2. The van der Waals surface area contributed by atoms with E-state index in [0.29, 0.717) is 5.69 Å². The van der Waals surface area contributed by atoms with Crippen LogP contribution >= 0.6 is 23.2 Å². The topological polar surface area (TPSA) is 102 Å². The number of hydrogen-bond acceptors (Lipinski definition) is 5. The first-order valence-electron chi connectivity index (χ1n) is 8.58. The Labute approximate surface area is 179 Å². The van der Waals surface area contributed by atoms with E-state index in [-0.39, 0.29) is 26.5 Å². The summed E-state index contributed by atoms with van der Waals surface area (Å²) in [6.07, 6.45) is -1.11. The minimum absolute atomic E-state index is 0.0708. The number of rotatable bonds is 7. The van der Waals surface area contributed by atoms with Gasteiger partial charge in [-0.3, -0.25) is 4.79 Å². The second kappa shape index (κ2) is 9.58. The zero-order valence-corrected chi connectivity index (χ0v) is 18.2. The highest BCUT2D eigenvalue weighted by Gasteiger charge is 2.20. The molecule has 1 atom stereocenters. The number of anilines is 1. The summed E-state index contributed by atoms with van der Waals surface area (Å²) >= 11 is 11.7. The minimum atomic E-state index is -3.63. The summed E-state index contributed by atoms with van der Waals surface area (Å²) in [6.45, 7) is 4.84. The van der Waals surface area contributed by atoms with E-state index >= 15 is 0 Å². The van der Waals surface area contributed by atoms with Crippen LogP contribution in [0.2, 0.25) is 10.0 Å². The Morgan fingerprint density at radius 3 is 2.03 bits per heavy atom. The predicted molar refractivity (Wildman–Crippen MR) is 112 cm³/mol. The molecule has 0 spiro atoms. The summed E-state index contributed by atoms with van der Waals surface area (Å²) in [5, 5.41) is 3.09. The number of nitrogens with one attached hydrogen (secondary N) is 2. The molecule has 0 radical (unpaired) electrons. The first kappa shape index (κ1) is 23.2. The Hall–Kier alpha value is -2.13. The highest BCUT2D eigenvalue weighted by Crippen LogP contribution is 2.20. The molecule has 0 aromatic heterocycles. The standard InChI is InChI=1S/C19H20Cl2N2O5S/c1-11(2)23-29(26,27)17-6-4-16(5-7-17)22-18(24)12(3)28-19(25)13-8-14(20)10-15(21)9-13/h4-12,23H,1-3H3,(H,22,24). The Balaban J connectivity index is 2.01. The zero-order chi connectivity index (χ0) is 21.8. The summed E-state index contributed by atoms with van der Waals surface area (Å²) in [6, 6.07) is 9.60. The third-order valence-corrected chi connectivity index (χ3v) is 5.69.